The van der Waals surface area contributed by atoms with Crippen molar-refractivity contribution in [3.05, 3.63) is 58.3 Å². The van der Waals surface area contributed by atoms with Crippen molar-refractivity contribution in [3.63, 3.8) is 0 Å². The number of carbonyl (C=O) groups excluding carboxylic acids is 1. The zero-order chi connectivity index (χ0) is 21.5. The Hall–Kier alpha value is -2.65. The van der Waals surface area contributed by atoms with E-state index >= 15 is 0 Å². The number of aryl methyl sites for hydroxylation is 1. The van der Waals surface area contributed by atoms with Crippen LogP contribution in [0.4, 0.5) is 5.69 Å². The van der Waals surface area contributed by atoms with Crippen molar-refractivity contribution >= 4 is 54.4 Å². The summed E-state index contributed by atoms with van der Waals surface area (Å²) in [7, 11) is -1.96. The molecule has 1 aromatic heterocycles. The van der Waals surface area contributed by atoms with E-state index in [4.69, 9.17) is 4.42 Å². The molecule has 4 rings (SSSR count). The first-order valence-corrected chi connectivity index (χ1v) is 11.6. The number of benzene rings is 2. The van der Waals surface area contributed by atoms with E-state index in [9.17, 15) is 13.2 Å². The summed E-state index contributed by atoms with van der Waals surface area (Å²) in [4.78, 5) is 14.6. The molecule has 0 radical (unpaired) electrons. The lowest BCUT2D eigenvalue weighted by molar-refractivity contribution is 0.0998. The van der Waals surface area contributed by atoms with Gasteiger partial charge in [-0.3, -0.25) is 4.79 Å². The molecule has 2 aromatic carbocycles. The summed E-state index contributed by atoms with van der Waals surface area (Å²) in [6, 6.07) is 11.5. The number of hydrogen-bond donors (Lipinski definition) is 1. The minimum atomic E-state index is -3.79. The third-order valence-electron chi connectivity index (χ3n) is 5.07. The highest BCUT2D eigenvalue weighted by atomic mass is 79.9. The van der Waals surface area contributed by atoms with Crippen LogP contribution >= 0.6 is 15.9 Å². The van der Waals surface area contributed by atoms with E-state index in [1.54, 1.807) is 6.07 Å². The standard InChI is InChI=1S/C21H20BrN3O4S/c1-13-17-12-14(22)5-10-18(17)29-20(13)21(26)23-15-6-8-16(9-7-15)30(27,28)24-19-4-3-11-25(19)2/h5-10,12H,3-4,11H2,1-2H3,(H,23,26)/b24-19+. The van der Waals surface area contributed by atoms with E-state index in [0.29, 0.717) is 23.5 Å². The first-order valence-electron chi connectivity index (χ1n) is 9.39. The van der Waals surface area contributed by atoms with Crippen LogP contribution in [0.1, 0.15) is 29.0 Å². The third-order valence-corrected chi connectivity index (χ3v) is 6.89. The van der Waals surface area contributed by atoms with E-state index in [2.05, 4.69) is 25.6 Å². The van der Waals surface area contributed by atoms with Crippen LogP contribution < -0.4 is 5.32 Å². The predicted molar refractivity (Wildman–Crippen MR) is 120 cm³/mol. The van der Waals surface area contributed by atoms with Crippen LogP contribution in [-0.4, -0.2) is 38.7 Å². The summed E-state index contributed by atoms with van der Waals surface area (Å²) in [5, 5.41) is 3.60. The molecule has 3 aromatic rings. The molecule has 0 aliphatic carbocycles. The predicted octanol–water partition coefficient (Wildman–Crippen LogP) is 4.57. The normalized spacial score (nSPS) is 15.8. The molecular weight excluding hydrogens is 470 g/mol. The topological polar surface area (TPSA) is 92.0 Å². The van der Waals surface area contributed by atoms with E-state index in [-0.39, 0.29) is 10.7 Å². The Labute approximate surface area is 183 Å². The van der Waals surface area contributed by atoms with Crippen molar-refractivity contribution in [2.75, 3.05) is 18.9 Å². The maximum Gasteiger partial charge on any atom is 0.291 e. The maximum atomic E-state index is 12.7. The van der Waals surface area contributed by atoms with Gasteiger partial charge in [0.15, 0.2) is 5.76 Å². The molecule has 2 heterocycles. The van der Waals surface area contributed by atoms with Gasteiger partial charge in [-0.2, -0.15) is 8.42 Å². The number of nitrogens with one attached hydrogen (secondary N) is 1. The van der Waals surface area contributed by atoms with Crippen LogP contribution in [0.5, 0.6) is 0 Å². The molecule has 0 bridgehead atoms. The van der Waals surface area contributed by atoms with Gasteiger partial charge in [0.2, 0.25) is 0 Å². The molecule has 1 N–H and O–H groups in total. The molecule has 0 spiro atoms. The van der Waals surface area contributed by atoms with Crippen LogP contribution in [0.2, 0.25) is 0 Å². The van der Waals surface area contributed by atoms with Gasteiger partial charge in [-0.25, -0.2) is 0 Å². The largest absolute Gasteiger partial charge is 0.451 e. The lowest BCUT2D eigenvalue weighted by atomic mass is 10.1. The number of sulfonamides is 1. The highest BCUT2D eigenvalue weighted by molar-refractivity contribution is 9.10. The molecule has 0 saturated carbocycles. The van der Waals surface area contributed by atoms with Gasteiger partial charge in [-0.1, -0.05) is 15.9 Å². The number of furan rings is 1. The summed E-state index contributed by atoms with van der Waals surface area (Å²) in [5.74, 6) is 0.387. The second-order valence-corrected chi connectivity index (χ2v) is 9.70. The number of likely N-dealkylation sites (tertiary alicyclic amines) is 1. The number of carbonyl (C=O) groups is 1. The first kappa shape index (κ1) is 20.6. The zero-order valence-electron chi connectivity index (χ0n) is 16.5. The minimum absolute atomic E-state index is 0.0815. The number of nitrogens with zero attached hydrogens (tertiary/aromatic N) is 2. The second kappa shape index (κ2) is 7.88. The molecule has 30 heavy (non-hydrogen) atoms. The number of amidine groups is 1. The summed E-state index contributed by atoms with van der Waals surface area (Å²) in [5.41, 5.74) is 1.82. The fourth-order valence-corrected chi connectivity index (χ4v) is 4.86. The lowest BCUT2D eigenvalue weighted by Gasteiger charge is -2.11. The number of rotatable bonds is 4. The molecule has 1 aliphatic rings. The Morgan fingerprint density at radius 3 is 2.60 bits per heavy atom. The van der Waals surface area contributed by atoms with Crippen molar-refractivity contribution in [2.45, 2.75) is 24.7 Å². The average molecular weight is 490 g/mol. The number of amides is 1. The molecule has 1 amide bonds. The van der Waals surface area contributed by atoms with E-state index in [1.807, 2.05) is 31.0 Å². The second-order valence-electron chi connectivity index (χ2n) is 7.18. The summed E-state index contributed by atoms with van der Waals surface area (Å²) < 4.78 is 35.6. The summed E-state index contributed by atoms with van der Waals surface area (Å²) >= 11 is 3.42. The third kappa shape index (κ3) is 3.99. The molecule has 1 aliphatic heterocycles. The Morgan fingerprint density at radius 2 is 1.93 bits per heavy atom. The molecular formula is C21H20BrN3O4S. The average Bonchev–Trinajstić information content (AvgIpc) is 3.25. The number of hydrogen-bond acceptors (Lipinski definition) is 4. The van der Waals surface area contributed by atoms with Gasteiger partial charge in [-0.15, -0.1) is 4.40 Å². The van der Waals surface area contributed by atoms with Gasteiger partial charge in [0.1, 0.15) is 11.4 Å². The molecule has 1 fully saturated rings. The fourth-order valence-electron chi connectivity index (χ4n) is 3.41. The highest BCUT2D eigenvalue weighted by Gasteiger charge is 2.21. The molecule has 1 saturated heterocycles. The van der Waals surface area contributed by atoms with Crippen LogP contribution in [-0.2, 0) is 10.0 Å². The Morgan fingerprint density at radius 1 is 1.20 bits per heavy atom. The highest BCUT2D eigenvalue weighted by Crippen LogP contribution is 2.29. The van der Waals surface area contributed by atoms with Gasteiger partial charge in [0, 0.05) is 41.1 Å². The van der Waals surface area contributed by atoms with Crippen LogP contribution in [0.3, 0.4) is 0 Å². The number of halogens is 1. The molecule has 9 heteroatoms. The zero-order valence-corrected chi connectivity index (χ0v) is 18.9. The molecule has 0 atom stereocenters. The van der Waals surface area contributed by atoms with Gasteiger partial charge < -0.3 is 14.6 Å². The van der Waals surface area contributed by atoms with E-state index in [1.165, 1.54) is 24.3 Å². The van der Waals surface area contributed by atoms with Crippen molar-refractivity contribution < 1.29 is 17.6 Å². The SMILES string of the molecule is Cc1c(C(=O)Nc2ccc(S(=O)(=O)/N=C3\CCCN3C)cc2)oc2ccc(Br)cc12. The Kier molecular flexibility index (Phi) is 5.42. The van der Waals surface area contributed by atoms with Gasteiger partial charge >= 0.3 is 0 Å². The molecule has 0 unspecified atom stereocenters. The molecule has 156 valence electrons. The van der Waals surface area contributed by atoms with Crippen molar-refractivity contribution in [3.8, 4) is 0 Å². The van der Waals surface area contributed by atoms with Crippen LogP contribution in [0.25, 0.3) is 11.0 Å². The molecule has 7 nitrogen and oxygen atoms in total. The first-order chi connectivity index (χ1) is 14.2. The Balaban J connectivity index is 1.54. The van der Waals surface area contributed by atoms with Crippen molar-refractivity contribution in [1.29, 1.82) is 0 Å². The quantitative estimate of drug-likeness (QED) is 0.579. The van der Waals surface area contributed by atoms with Crippen LogP contribution in [0.15, 0.2) is 60.6 Å². The van der Waals surface area contributed by atoms with Crippen LogP contribution in [0, 0.1) is 6.92 Å². The van der Waals surface area contributed by atoms with E-state index < -0.39 is 15.9 Å². The van der Waals surface area contributed by atoms with Crippen molar-refractivity contribution in [1.82, 2.24) is 4.90 Å². The Bertz CT molecular complexity index is 1260. The van der Waals surface area contributed by atoms with Crippen molar-refractivity contribution in [2.24, 2.45) is 4.40 Å². The van der Waals surface area contributed by atoms with Gasteiger partial charge in [0.05, 0.1) is 4.90 Å². The lowest BCUT2D eigenvalue weighted by Crippen LogP contribution is -2.20. The van der Waals surface area contributed by atoms with Gasteiger partial charge in [-0.05, 0) is 55.8 Å². The summed E-state index contributed by atoms with van der Waals surface area (Å²) in [6.07, 6.45) is 1.55. The summed E-state index contributed by atoms with van der Waals surface area (Å²) in [6.45, 7) is 2.62. The minimum Gasteiger partial charge on any atom is -0.451 e. The fraction of sp³-hybridized carbons (Fsp3) is 0.238. The monoisotopic (exact) mass is 489 g/mol. The maximum absolute atomic E-state index is 12.7. The number of anilines is 1. The van der Waals surface area contributed by atoms with Gasteiger partial charge in [0.25, 0.3) is 15.9 Å². The smallest absolute Gasteiger partial charge is 0.291 e. The van der Waals surface area contributed by atoms with E-state index in [0.717, 1.165) is 28.4 Å². The number of fused-ring (bicyclic) bond motifs is 1.